The first-order valence-electron chi connectivity index (χ1n) is 10.4. The molecule has 1 heterocycles. The minimum Gasteiger partial charge on any atom is -0.453 e. The molecule has 0 spiro atoms. The Morgan fingerprint density at radius 1 is 1.21 bits per heavy atom. The molecule has 0 aliphatic heterocycles. The number of nitrogens with zero attached hydrogens (tertiary/aromatic N) is 2. The summed E-state index contributed by atoms with van der Waals surface area (Å²) in [5.41, 5.74) is 7.82. The lowest BCUT2D eigenvalue weighted by Crippen LogP contribution is -2.43. The van der Waals surface area contributed by atoms with Crippen LogP contribution in [0.25, 0.3) is 11.0 Å². The number of amides is 1. The molecular weight excluding hydrogens is 446 g/mol. The predicted octanol–water partition coefficient (Wildman–Crippen LogP) is 2.45. The molecule has 5 N–H and O–H groups in total. The second-order valence-electron chi connectivity index (χ2n) is 8.10. The number of methoxy groups -OCH3 is 1. The number of hydrogen-bond acceptors (Lipinski definition) is 7. The number of nitrogens with one attached hydrogen (secondary N) is 2. The molecule has 0 bridgehead atoms. The van der Waals surface area contributed by atoms with Gasteiger partial charge in [-0.3, -0.25) is 5.32 Å². The largest absolute Gasteiger partial charge is 0.453 e. The fraction of sp³-hybridized carbons (Fsp3) is 0.364. The van der Waals surface area contributed by atoms with Crippen LogP contribution in [0.15, 0.2) is 53.4 Å². The van der Waals surface area contributed by atoms with Crippen molar-refractivity contribution in [2.75, 3.05) is 25.5 Å². The molecule has 0 fully saturated rings. The molecule has 1 aromatic heterocycles. The molecule has 0 aliphatic carbocycles. The van der Waals surface area contributed by atoms with Crippen molar-refractivity contribution in [3.63, 3.8) is 0 Å². The highest BCUT2D eigenvalue weighted by Gasteiger charge is 2.30. The predicted molar refractivity (Wildman–Crippen MR) is 125 cm³/mol. The Kier molecular flexibility index (Phi) is 7.69. The van der Waals surface area contributed by atoms with Gasteiger partial charge in [-0.25, -0.2) is 18.2 Å². The number of aliphatic hydroxyl groups excluding tert-OH is 1. The van der Waals surface area contributed by atoms with Gasteiger partial charge in [-0.2, -0.15) is 4.31 Å². The Balaban J connectivity index is 1.88. The smallest absolute Gasteiger partial charge is 0.413 e. The van der Waals surface area contributed by atoms with Gasteiger partial charge in [0.1, 0.15) is 0 Å². The minimum atomic E-state index is -3.96. The highest BCUT2D eigenvalue weighted by atomic mass is 32.2. The monoisotopic (exact) mass is 475 g/mol. The molecule has 0 aliphatic rings. The van der Waals surface area contributed by atoms with E-state index < -0.39 is 28.3 Å². The maximum atomic E-state index is 13.5. The van der Waals surface area contributed by atoms with Crippen molar-refractivity contribution in [3.05, 3.63) is 54.1 Å². The summed E-state index contributed by atoms with van der Waals surface area (Å²) in [4.78, 5) is 18.5. The summed E-state index contributed by atoms with van der Waals surface area (Å²) in [7, 11) is -2.73. The Hall–Kier alpha value is -2.99. The van der Waals surface area contributed by atoms with E-state index >= 15 is 0 Å². The first-order chi connectivity index (χ1) is 15.6. The number of aliphatic hydroxyl groups is 1. The SMILES string of the molecule is COC(=O)Nc1nc2ccc(S(=O)(=O)N(CC(C)C)C[C@@H](O)C(N)c3ccccc3)cc2[nH]1. The van der Waals surface area contributed by atoms with Gasteiger partial charge in [0.25, 0.3) is 0 Å². The summed E-state index contributed by atoms with van der Waals surface area (Å²) >= 11 is 0. The van der Waals surface area contributed by atoms with Gasteiger partial charge in [-0.05, 0) is 29.7 Å². The number of imidazole rings is 1. The van der Waals surface area contributed by atoms with Crippen LogP contribution in [-0.4, -0.2) is 60.2 Å². The van der Waals surface area contributed by atoms with Gasteiger partial charge < -0.3 is 20.6 Å². The molecule has 2 aromatic carbocycles. The first-order valence-corrected chi connectivity index (χ1v) is 11.9. The zero-order valence-corrected chi connectivity index (χ0v) is 19.5. The summed E-state index contributed by atoms with van der Waals surface area (Å²) in [6.07, 6.45) is -1.80. The number of ether oxygens (including phenoxy) is 1. The van der Waals surface area contributed by atoms with E-state index in [0.717, 1.165) is 5.56 Å². The van der Waals surface area contributed by atoms with Crippen LogP contribution < -0.4 is 11.1 Å². The number of hydrogen-bond donors (Lipinski definition) is 4. The van der Waals surface area contributed by atoms with Gasteiger partial charge in [0.05, 0.1) is 35.2 Å². The van der Waals surface area contributed by atoms with E-state index in [1.165, 1.54) is 23.5 Å². The highest BCUT2D eigenvalue weighted by Crippen LogP contribution is 2.24. The Morgan fingerprint density at radius 3 is 2.55 bits per heavy atom. The number of H-pyrrole nitrogens is 1. The number of fused-ring (bicyclic) bond motifs is 1. The highest BCUT2D eigenvalue weighted by molar-refractivity contribution is 7.89. The zero-order chi connectivity index (χ0) is 24.2. The number of carbonyl (C=O) groups is 1. The second-order valence-corrected chi connectivity index (χ2v) is 10.0. The summed E-state index contributed by atoms with van der Waals surface area (Å²) in [6, 6.07) is 12.7. The van der Waals surface area contributed by atoms with Crippen LogP contribution in [0.4, 0.5) is 10.7 Å². The quantitative estimate of drug-likeness (QED) is 0.371. The second kappa shape index (κ2) is 10.3. The van der Waals surface area contributed by atoms with Crippen LogP contribution in [0.1, 0.15) is 25.5 Å². The zero-order valence-electron chi connectivity index (χ0n) is 18.7. The third-order valence-electron chi connectivity index (χ3n) is 5.06. The van der Waals surface area contributed by atoms with Crippen LogP contribution in [0, 0.1) is 5.92 Å². The molecule has 178 valence electrons. The Morgan fingerprint density at radius 2 is 1.91 bits per heavy atom. The van der Waals surface area contributed by atoms with Gasteiger partial charge >= 0.3 is 6.09 Å². The van der Waals surface area contributed by atoms with Crippen LogP contribution in [-0.2, 0) is 14.8 Å². The fourth-order valence-corrected chi connectivity index (χ4v) is 5.05. The van der Waals surface area contributed by atoms with E-state index in [-0.39, 0.29) is 29.9 Å². The Bertz CT molecular complexity index is 1200. The van der Waals surface area contributed by atoms with Crippen LogP contribution >= 0.6 is 0 Å². The van der Waals surface area contributed by atoms with E-state index in [0.29, 0.717) is 11.0 Å². The minimum absolute atomic E-state index is 0.0201. The number of sulfonamides is 1. The standard InChI is InChI=1S/C22H29N5O5S/c1-14(2)12-27(13-19(28)20(23)15-7-5-4-6-8-15)33(30,31)16-9-10-17-18(11-16)25-21(24-17)26-22(29)32-3/h4-11,14,19-20,28H,12-13,23H2,1-3H3,(H2,24,25,26,29)/t19-,20?/m1/s1. The van der Waals surface area contributed by atoms with Gasteiger partial charge in [0, 0.05) is 13.1 Å². The van der Waals surface area contributed by atoms with E-state index in [1.807, 2.05) is 32.0 Å². The molecule has 33 heavy (non-hydrogen) atoms. The number of nitrogens with two attached hydrogens (primary N) is 1. The van der Waals surface area contributed by atoms with Crippen molar-refractivity contribution in [2.45, 2.75) is 30.9 Å². The summed E-state index contributed by atoms with van der Waals surface area (Å²) in [6.45, 7) is 3.84. The number of rotatable bonds is 9. The summed E-state index contributed by atoms with van der Waals surface area (Å²) < 4.78 is 32.8. The van der Waals surface area contributed by atoms with Crippen molar-refractivity contribution in [1.29, 1.82) is 0 Å². The average Bonchev–Trinajstić information content (AvgIpc) is 3.19. The molecule has 10 nitrogen and oxygen atoms in total. The van der Waals surface area contributed by atoms with E-state index in [4.69, 9.17) is 5.73 Å². The first kappa shape index (κ1) is 24.6. The van der Waals surface area contributed by atoms with E-state index in [1.54, 1.807) is 18.2 Å². The number of aromatic amines is 1. The average molecular weight is 476 g/mol. The maximum absolute atomic E-state index is 13.5. The van der Waals surface area contributed by atoms with Crippen molar-refractivity contribution in [3.8, 4) is 0 Å². The molecule has 2 atom stereocenters. The Labute approximate surface area is 192 Å². The molecular formula is C22H29N5O5S. The number of anilines is 1. The third-order valence-corrected chi connectivity index (χ3v) is 6.88. The molecule has 0 radical (unpaired) electrons. The molecule has 1 unspecified atom stereocenters. The van der Waals surface area contributed by atoms with Crippen LogP contribution in [0.5, 0.6) is 0 Å². The van der Waals surface area contributed by atoms with Gasteiger partial charge in [0.2, 0.25) is 16.0 Å². The van der Waals surface area contributed by atoms with Crippen molar-refractivity contribution in [1.82, 2.24) is 14.3 Å². The molecule has 0 saturated heterocycles. The molecule has 3 aromatic rings. The third kappa shape index (κ3) is 5.88. The van der Waals surface area contributed by atoms with Gasteiger partial charge in [0.15, 0.2) is 0 Å². The molecule has 11 heteroatoms. The van der Waals surface area contributed by atoms with Crippen molar-refractivity contribution in [2.24, 2.45) is 11.7 Å². The maximum Gasteiger partial charge on any atom is 0.413 e. The number of aromatic nitrogens is 2. The molecule has 3 rings (SSSR count). The number of carbonyl (C=O) groups excluding carboxylic acids is 1. The normalized spacial score (nSPS) is 13.9. The summed E-state index contributed by atoms with van der Waals surface area (Å²) in [5.74, 6) is 0.154. The fourth-order valence-electron chi connectivity index (χ4n) is 3.40. The van der Waals surface area contributed by atoms with Crippen LogP contribution in [0.2, 0.25) is 0 Å². The van der Waals surface area contributed by atoms with E-state index in [2.05, 4.69) is 20.0 Å². The van der Waals surface area contributed by atoms with Crippen LogP contribution in [0.3, 0.4) is 0 Å². The summed E-state index contributed by atoms with van der Waals surface area (Å²) in [5, 5.41) is 13.2. The van der Waals surface area contributed by atoms with Gasteiger partial charge in [-0.15, -0.1) is 0 Å². The molecule has 1 amide bonds. The lowest BCUT2D eigenvalue weighted by atomic mass is 10.0. The van der Waals surface area contributed by atoms with Gasteiger partial charge in [-0.1, -0.05) is 44.2 Å². The lowest BCUT2D eigenvalue weighted by Gasteiger charge is -2.28. The van der Waals surface area contributed by atoms with Crippen molar-refractivity contribution < 1.29 is 23.1 Å². The van der Waals surface area contributed by atoms with E-state index in [9.17, 15) is 18.3 Å². The topological polar surface area (TPSA) is 151 Å². The lowest BCUT2D eigenvalue weighted by molar-refractivity contribution is 0.116. The number of benzene rings is 2. The van der Waals surface area contributed by atoms with Crippen molar-refractivity contribution >= 4 is 33.1 Å². The molecule has 0 saturated carbocycles.